The van der Waals surface area contributed by atoms with Crippen molar-refractivity contribution >= 4 is 18.4 Å². The molecule has 0 radical (unpaired) electrons. The van der Waals surface area contributed by atoms with Crippen LogP contribution in [0.1, 0.15) is 13.8 Å². The van der Waals surface area contributed by atoms with Crippen molar-refractivity contribution in [2.45, 2.75) is 13.8 Å². The molecule has 0 heterocycles. The van der Waals surface area contributed by atoms with E-state index in [9.17, 15) is 0 Å². The molecule has 50 valence electrons. The van der Waals surface area contributed by atoms with Crippen molar-refractivity contribution in [1.29, 1.82) is 0 Å². The second kappa shape index (κ2) is 5.15. The lowest BCUT2D eigenvalue weighted by Crippen LogP contribution is -1.84. The Bertz CT molecular complexity index is 144. The van der Waals surface area contributed by atoms with Crippen molar-refractivity contribution < 1.29 is 0 Å². The van der Waals surface area contributed by atoms with Gasteiger partial charge >= 0.3 is 0 Å². The fourth-order valence-electron chi connectivity index (χ4n) is 0.361. The topological polar surface area (TPSA) is 37.1 Å². The zero-order chi connectivity index (χ0) is 7.11. The minimum Gasteiger partial charge on any atom is -0.277 e. The Balaban J connectivity index is 3.84. The first kappa shape index (κ1) is 8.01. The molecule has 0 atom stereocenters. The van der Waals surface area contributed by atoms with E-state index in [-0.39, 0.29) is 0 Å². The van der Waals surface area contributed by atoms with E-state index in [1.54, 1.807) is 13.3 Å². The van der Waals surface area contributed by atoms with E-state index in [1.807, 2.05) is 13.8 Å². The summed E-state index contributed by atoms with van der Waals surface area (Å²) in [6, 6.07) is 0. The third-order valence-corrected chi connectivity index (χ3v) is 0.676. The van der Waals surface area contributed by atoms with Crippen LogP contribution in [0.25, 0.3) is 0 Å². The van der Waals surface area contributed by atoms with Gasteiger partial charge in [-0.2, -0.15) is 0 Å². The molecule has 0 aliphatic carbocycles. The van der Waals surface area contributed by atoms with E-state index in [0.717, 1.165) is 5.84 Å². The van der Waals surface area contributed by atoms with Gasteiger partial charge in [-0.3, -0.25) is 4.99 Å². The highest BCUT2D eigenvalue weighted by Crippen LogP contribution is 1.74. The minimum atomic E-state index is 0.725. The Kier molecular flexibility index (Phi) is 4.59. The smallest absolute Gasteiger partial charge is 0.126 e. The lowest BCUT2D eigenvalue weighted by molar-refractivity contribution is 1.43. The number of aliphatic imine (C=N–C) groups is 3. The van der Waals surface area contributed by atoms with Gasteiger partial charge < -0.3 is 0 Å². The SMILES string of the molecule is CC=NC(C)=NC=NC. The van der Waals surface area contributed by atoms with Crippen LogP contribution in [0.5, 0.6) is 0 Å². The molecule has 9 heavy (non-hydrogen) atoms. The van der Waals surface area contributed by atoms with Gasteiger partial charge in [0.2, 0.25) is 0 Å². The standard InChI is InChI=1S/C6H11N3/c1-4-8-6(2)9-5-7-3/h4-5H,1-3H3. The molecular formula is C6H11N3. The lowest BCUT2D eigenvalue weighted by atomic mass is 10.7. The van der Waals surface area contributed by atoms with Crippen LogP contribution in [0.3, 0.4) is 0 Å². The summed E-state index contributed by atoms with van der Waals surface area (Å²) in [4.78, 5) is 11.4. The Morgan fingerprint density at radius 3 is 2.56 bits per heavy atom. The highest BCUT2D eigenvalue weighted by Gasteiger charge is 1.75. The lowest BCUT2D eigenvalue weighted by Gasteiger charge is -1.82. The molecule has 0 aromatic rings. The van der Waals surface area contributed by atoms with Crippen LogP contribution in [-0.4, -0.2) is 25.4 Å². The number of hydrogen-bond donors (Lipinski definition) is 0. The zero-order valence-corrected chi connectivity index (χ0v) is 6.00. The van der Waals surface area contributed by atoms with Crippen LogP contribution in [0.15, 0.2) is 15.0 Å². The molecule has 0 fully saturated rings. The van der Waals surface area contributed by atoms with Crippen molar-refractivity contribution in [3.63, 3.8) is 0 Å². The maximum Gasteiger partial charge on any atom is 0.126 e. The molecule has 0 aliphatic rings. The molecule has 0 bridgehead atoms. The first-order valence-corrected chi connectivity index (χ1v) is 2.75. The molecule has 0 rings (SSSR count). The Hall–Kier alpha value is -0.990. The third-order valence-electron chi connectivity index (χ3n) is 0.676. The van der Waals surface area contributed by atoms with E-state index in [1.165, 1.54) is 6.34 Å². The average Bonchev–Trinajstić information content (AvgIpc) is 1.85. The largest absolute Gasteiger partial charge is 0.277 e. The van der Waals surface area contributed by atoms with Crippen molar-refractivity contribution in [3.8, 4) is 0 Å². The normalized spacial score (nSPS) is 13.9. The Morgan fingerprint density at radius 1 is 1.44 bits per heavy atom. The Labute approximate surface area is 55.2 Å². The summed E-state index contributed by atoms with van der Waals surface area (Å²) in [5, 5.41) is 0. The quantitative estimate of drug-likeness (QED) is 0.372. The molecule has 0 unspecified atom stereocenters. The van der Waals surface area contributed by atoms with Gasteiger partial charge in [-0.15, -0.1) is 0 Å². The second-order valence-electron chi connectivity index (χ2n) is 1.44. The molecular weight excluding hydrogens is 114 g/mol. The highest BCUT2D eigenvalue weighted by atomic mass is 14.9. The highest BCUT2D eigenvalue weighted by molar-refractivity contribution is 5.91. The summed E-state index contributed by atoms with van der Waals surface area (Å²) >= 11 is 0. The van der Waals surface area contributed by atoms with Gasteiger partial charge in [-0.1, -0.05) is 0 Å². The van der Waals surface area contributed by atoms with Crippen LogP contribution in [0, 0.1) is 0 Å². The van der Waals surface area contributed by atoms with E-state index < -0.39 is 0 Å². The number of nitrogens with zero attached hydrogens (tertiary/aromatic N) is 3. The number of rotatable bonds is 1. The van der Waals surface area contributed by atoms with Crippen molar-refractivity contribution in [2.24, 2.45) is 15.0 Å². The van der Waals surface area contributed by atoms with Crippen molar-refractivity contribution in [1.82, 2.24) is 0 Å². The first-order valence-electron chi connectivity index (χ1n) is 2.75. The van der Waals surface area contributed by atoms with Crippen molar-refractivity contribution in [2.75, 3.05) is 7.05 Å². The summed E-state index contributed by atoms with van der Waals surface area (Å²) < 4.78 is 0. The molecule has 0 aromatic carbocycles. The van der Waals surface area contributed by atoms with Gasteiger partial charge in [0.25, 0.3) is 0 Å². The summed E-state index contributed by atoms with van der Waals surface area (Å²) in [6.45, 7) is 3.67. The predicted molar refractivity (Wildman–Crippen MR) is 41.7 cm³/mol. The van der Waals surface area contributed by atoms with Gasteiger partial charge in [0, 0.05) is 13.3 Å². The number of hydrogen-bond acceptors (Lipinski definition) is 1. The molecule has 0 aliphatic heterocycles. The monoisotopic (exact) mass is 125 g/mol. The second-order valence-corrected chi connectivity index (χ2v) is 1.44. The van der Waals surface area contributed by atoms with Gasteiger partial charge in [-0.05, 0) is 13.8 Å². The maximum atomic E-state index is 3.90. The van der Waals surface area contributed by atoms with Gasteiger partial charge in [0.05, 0.1) is 0 Å². The first-order chi connectivity index (χ1) is 4.31. The average molecular weight is 125 g/mol. The summed E-state index contributed by atoms with van der Waals surface area (Å²) in [6.07, 6.45) is 3.17. The molecule has 0 saturated heterocycles. The van der Waals surface area contributed by atoms with Crippen LogP contribution in [-0.2, 0) is 0 Å². The summed E-state index contributed by atoms with van der Waals surface area (Å²) in [5.74, 6) is 0.725. The Morgan fingerprint density at radius 2 is 2.11 bits per heavy atom. The molecule has 0 N–H and O–H groups in total. The fraction of sp³-hybridized carbons (Fsp3) is 0.500. The van der Waals surface area contributed by atoms with Gasteiger partial charge in [0.1, 0.15) is 12.2 Å². The third kappa shape index (κ3) is 4.87. The van der Waals surface area contributed by atoms with Gasteiger partial charge in [0.15, 0.2) is 0 Å². The molecule has 0 aromatic heterocycles. The molecule has 0 amide bonds. The summed E-state index contributed by atoms with van der Waals surface area (Å²) in [7, 11) is 1.67. The van der Waals surface area contributed by atoms with Crippen LogP contribution < -0.4 is 0 Å². The maximum absolute atomic E-state index is 3.90. The number of amidine groups is 1. The fourth-order valence-corrected chi connectivity index (χ4v) is 0.361. The van der Waals surface area contributed by atoms with Crippen LogP contribution >= 0.6 is 0 Å². The van der Waals surface area contributed by atoms with E-state index in [2.05, 4.69) is 15.0 Å². The molecule has 0 spiro atoms. The van der Waals surface area contributed by atoms with Gasteiger partial charge in [-0.25, -0.2) is 9.98 Å². The molecule has 0 saturated carbocycles. The summed E-state index contributed by atoms with van der Waals surface area (Å²) in [5.41, 5.74) is 0. The zero-order valence-electron chi connectivity index (χ0n) is 6.00. The van der Waals surface area contributed by atoms with Crippen molar-refractivity contribution in [3.05, 3.63) is 0 Å². The van der Waals surface area contributed by atoms with E-state index in [0.29, 0.717) is 0 Å². The van der Waals surface area contributed by atoms with E-state index >= 15 is 0 Å². The minimum absolute atomic E-state index is 0.725. The van der Waals surface area contributed by atoms with E-state index in [4.69, 9.17) is 0 Å². The van der Waals surface area contributed by atoms with Crippen LogP contribution in [0.4, 0.5) is 0 Å². The van der Waals surface area contributed by atoms with Crippen LogP contribution in [0.2, 0.25) is 0 Å². The molecule has 3 heteroatoms. The predicted octanol–water partition coefficient (Wildman–Crippen LogP) is 1.15. The molecule has 3 nitrogen and oxygen atoms in total.